The number of Topliss-reactive ketones (excluding diaryl/α,β-unsaturated/α-hetero) is 1. The Balaban J connectivity index is 2.40. The van der Waals surface area contributed by atoms with Crippen molar-refractivity contribution in [2.75, 3.05) is 14.2 Å². The first-order chi connectivity index (χ1) is 9.63. The largest absolute Gasteiger partial charge is 0.497 e. The van der Waals surface area contributed by atoms with Gasteiger partial charge in [0, 0.05) is 18.4 Å². The van der Waals surface area contributed by atoms with Crippen LogP contribution in [0.3, 0.4) is 0 Å². The van der Waals surface area contributed by atoms with E-state index >= 15 is 0 Å². The average molecular weight is 271 g/mol. The predicted octanol–water partition coefficient (Wildman–Crippen LogP) is 3.20. The van der Waals surface area contributed by atoms with Crippen molar-refractivity contribution < 1.29 is 18.7 Å². The van der Waals surface area contributed by atoms with Gasteiger partial charge in [0.1, 0.15) is 11.5 Å². The quantitative estimate of drug-likeness (QED) is 0.684. The molecule has 0 saturated heterocycles. The van der Waals surface area contributed by atoms with Gasteiger partial charge in [-0.25, -0.2) is 4.98 Å². The molecule has 0 N–H and O–H groups in total. The van der Waals surface area contributed by atoms with Crippen LogP contribution in [0, 0.1) is 0 Å². The van der Waals surface area contributed by atoms with E-state index in [9.17, 15) is 4.79 Å². The summed E-state index contributed by atoms with van der Waals surface area (Å²) in [5.41, 5.74) is 1.12. The van der Waals surface area contributed by atoms with Crippen molar-refractivity contribution in [1.29, 1.82) is 0 Å². The Hall–Kier alpha value is -2.56. The zero-order chi connectivity index (χ0) is 14.3. The summed E-state index contributed by atoms with van der Waals surface area (Å²) in [6, 6.07) is 7.14. The molecule has 0 atom stereocenters. The Kier molecular flexibility index (Phi) is 2.82. The van der Waals surface area contributed by atoms with Crippen molar-refractivity contribution in [3.8, 4) is 11.5 Å². The third kappa shape index (κ3) is 1.79. The SMILES string of the molecule is COc1ccc2nc3oc(C(C)=O)cc3c(OC)c2c1. The number of furan rings is 1. The normalized spacial score (nSPS) is 10.9. The Morgan fingerprint density at radius 1 is 1.15 bits per heavy atom. The fourth-order valence-corrected chi connectivity index (χ4v) is 2.20. The summed E-state index contributed by atoms with van der Waals surface area (Å²) >= 11 is 0. The number of pyridine rings is 1. The number of aromatic nitrogens is 1. The molecule has 2 aromatic heterocycles. The number of ether oxygens (including phenoxy) is 2. The van der Waals surface area contributed by atoms with Gasteiger partial charge in [-0.1, -0.05) is 0 Å². The van der Waals surface area contributed by atoms with Crippen LogP contribution < -0.4 is 9.47 Å². The zero-order valence-electron chi connectivity index (χ0n) is 11.4. The lowest BCUT2D eigenvalue weighted by Crippen LogP contribution is -1.90. The summed E-state index contributed by atoms with van der Waals surface area (Å²) in [6.45, 7) is 1.45. The molecule has 3 rings (SSSR count). The number of methoxy groups -OCH3 is 2. The van der Waals surface area contributed by atoms with Gasteiger partial charge < -0.3 is 13.9 Å². The number of carbonyl (C=O) groups is 1. The predicted molar refractivity (Wildman–Crippen MR) is 74.6 cm³/mol. The highest BCUT2D eigenvalue weighted by atomic mass is 16.5. The van der Waals surface area contributed by atoms with E-state index < -0.39 is 0 Å². The maximum atomic E-state index is 11.4. The third-order valence-corrected chi connectivity index (χ3v) is 3.18. The fraction of sp³-hybridized carbons (Fsp3) is 0.200. The van der Waals surface area contributed by atoms with E-state index in [1.807, 2.05) is 18.2 Å². The summed E-state index contributed by atoms with van der Waals surface area (Å²) in [6.07, 6.45) is 0. The molecule has 5 nitrogen and oxygen atoms in total. The number of ketones is 1. The van der Waals surface area contributed by atoms with E-state index in [0.29, 0.717) is 22.6 Å². The van der Waals surface area contributed by atoms with Crippen LogP contribution in [0.2, 0.25) is 0 Å². The van der Waals surface area contributed by atoms with Crippen LogP contribution in [-0.4, -0.2) is 25.0 Å². The molecule has 0 fully saturated rings. The van der Waals surface area contributed by atoms with E-state index in [1.165, 1.54) is 6.92 Å². The first kappa shape index (κ1) is 12.5. The second-order valence-corrected chi connectivity index (χ2v) is 4.41. The summed E-state index contributed by atoms with van der Waals surface area (Å²) in [5, 5.41) is 1.49. The number of rotatable bonds is 3. The molecular formula is C15H13NO4. The van der Waals surface area contributed by atoms with Gasteiger partial charge in [-0.15, -0.1) is 0 Å². The van der Waals surface area contributed by atoms with Crippen molar-refractivity contribution in [2.24, 2.45) is 0 Å². The molecule has 0 spiro atoms. The summed E-state index contributed by atoms with van der Waals surface area (Å²) in [4.78, 5) is 15.8. The molecule has 0 bridgehead atoms. The third-order valence-electron chi connectivity index (χ3n) is 3.18. The second-order valence-electron chi connectivity index (χ2n) is 4.41. The van der Waals surface area contributed by atoms with Gasteiger partial charge >= 0.3 is 0 Å². The van der Waals surface area contributed by atoms with Crippen LogP contribution in [0.5, 0.6) is 11.5 Å². The zero-order valence-corrected chi connectivity index (χ0v) is 11.4. The standard InChI is InChI=1S/C15H13NO4/c1-8(17)13-7-11-14(19-3)10-6-9(18-2)4-5-12(10)16-15(11)20-13/h4-7H,1-3H3. The molecule has 5 heteroatoms. The van der Waals surface area contributed by atoms with Crippen LogP contribution in [0.25, 0.3) is 22.0 Å². The van der Waals surface area contributed by atoms with Crippen molar-refractivity contribution in [3.63, 3.8) is 0 Å². The molecule has 0 radical (unpaired) electrons. The molecule has 20 heavy (non-hydrogen) atoms. The monoisotopic (exact) mass is 271 g/mol. The highest BCUT2D eigenvalue weighted by Gasteiger charge is 2.16. The topological polar surface area (TPSA) is 61.6 Å². The number of fused-ring (bicyclic) bond motifs is 2. The number of hydrogen-bond acceptors (Lipinski definition) is 5. The number of benzene rings is 1. The molecule has 102 valence electrons. The van der Waals surface area contributed by atoms with Gasteiger partial charge in [0.2, 0.25) is 5.71 Å². The van der Waals surface area contributed by atoms with E-state index in [0.717, 1.165) is 10.9 Å². The van der Waals surface area contributed by atoms with Gasteiger partial charge in [-0.3, -0.25) is 4.79 Å². The van der Waals surface area contributed by atoms with Gasteiger partial charge in [-0.05, 0) is 18.2 Å². The highest BCUT2D eigenvalue weighted by Crippen LogP contribution is 2.36. The smallest absolute Gasteiger partial charge is 0.231 e. The van der Waals surface area contributed by atoms with Crippen LogP contribution in [-0.2, 0) is 0 Å². The summed E-state index contributed by atoms with van der Waals surface area (Å²) in [5.74, 6) is 1.46. The molecule has 0 unspecified atom stereocenters. The molecule has 0 aliphatic carbocycles. The fourth-order valence-electron chi connectivity index (χ4n) is 2.20. The van der Waals surface area contributed by atoms with E-state index in [4.69, 9.17) is 13.9 Å². The Bertz CT molecular complexity index is 819. The van der Waals surface area contributed by atoms with Crippen molar-refractivity contribution >= 4 is 27.8 Å². The Labute approximate surface area is 115 Å². The minimum absolute atomic E-state index is 0.147. The molecule has 0 aliphatic heterocycles. The lowest BCUT2D eigenvalue weighted by molar-refractivity contribution is 0.0989. The van der Waals surface area contributed by atoms with Gasteiger partial charge in [0.25, 0.3) is 0 Å². The number of nitrogens with zero attached hydrogens (tertiary/aromatic N) is 1. The highest BCUT2D eigenvalue weighted by molar-refractivity contribution is 6.03. The summed E-state index contributed by atoms with van der Waals surface area (Å²) < 4.78 is 16.1. The lowest BCUT2D eigenvalue weighted by atomic mass is 10.1. The van der Waals surface area contributed by atoms with Gasteiger partial charge in [0.15, 0.2) is 11.5 Å². The minimum Gasteiger partial charge on any atom is -0.497 e. The molecular weight excluding hydrogens is 258 g/mol. The second kappa shape index (κ2) is 4.52. The maximum absolute atomic E-state index is 11.4. The first-order valence-corrected chi connectivity index (χ1v) is 6.10. The minimum atomic E-state index is -0.147. The number of carbonyl (C=O) groups excluding carboxylic acids is 1. The van der Waals surface area contributed by atoms with Crippen LogP contribution in [0.1, 0.15) is 17.5 Å². The van der Waals surface area contributed by atoms with Crippen LogP contribution in [0.15, 0.2) is 28.7 Å². The van der Waals surface area contributed by atoms with E-state index in [1.54, 1.807) is 20.3 Å². The molecule has 0 saturated carbocycles. The van der Waals surface area contributed by atoms with E-state index in [-0.39, 0.29) is 11.5 Å². The Morgan fingerprint density at radius 3 is 2.60 bits per heavy atom. The molecule has 1 aromatic carbocycles. The Morgan fingerprint density at radius 2 is 1.95 bits per heavy atom. The summed E-state index contributed by atoms with van der Waals surface area (Å²) in [7, 11) is 3.18. The molecule has 0 aliphatic rings. The molecule has 3 aromatic rings. The first-order valence-electron chi connectivity index (χ1n) is 6.10. The van der Waals surface area contributed by atoms with Gasteiger partial charge in [0.05, 0.1) is 25.1 Å². The average Bonchev–Trinajstić information content (AvgIpc) is 2.87. The lowest BCUT2D eigenvalue weighted by Gasteiger charge is -2.07. The van der Waals surface area contributed by atoms with Crippen molar-refractivity contribution in [1.82, 2.24) is 4.98 Å². The maximum Gasteiger partial charge on any atom is 0.231 e. The molecule has 2 heterocycles. The van der Waals surface area contributed by atoms with Crippen molar-refractivity contribution in [2.45, 2.75) is 6.92 Å². The van der Waals surface area contributed by atoms with Gasteiger partial charge in [-0.2, -0.15) is 0 Å². The number of hydrogen-bond donors (Lipinski definition) is 0. The molecule has 0 amide bonds. The van der Waals surface area contributed by atoms with E-state index in [2.05, 4.69) is 4.98 Å². The van der Waals surface area contributed by atoms with Crippen LogP contribution in [0.4, 0.5) is 0 Å². The van der Waals surface area contributed by atoms with Crippen LogP contribution >= 0.6 is 0 Å². The van der Waals surface area contributed by atoms with Crippen molar-refractivity contribution in [3.05, 3.63) is 30.0 Å².